The predicted octanol–water partition coefficient (Wildman–Crippen LogP) is 2.33. The van der Waals surface area contributed by atoms with Crippen molar-refractivity contribution in [3.8, 4) is 0 Å². The highest BCUT2D eigenvalue weighted by Gasteiger charge is 2.18. The maximum absolute atomic E-state index is 4.43. The van der Waals surface area contributed by atoms with Gasteiger partial charge in [0.25, 0.3) is 0 Å². The first-order chi connectivity index (χ1) is 3.71. The van der Waals surface area contributed by atoms with Crippen molar-refractivity contribution in [2.45, 2.75) is 17.4 Å². The van der Waals surface area contributed by atoms with E-state index in [1.807, 2.05) is 11.8 Å². The van der Waals surface area contributed by atoms with Gasteiger partial charge >= 0.3 is 0 Å². The first-order valence-corrected chi connectivity index (χ1v) is 4.15. The molecule has 1 aliphatic heterocycles. The Morgan fingerprint density at radius 3 is 2.62 bits per heavy atom. The van der Waals surface area contributed by atoms with Gasteiger partial charge in [-0.2, -0.15) is 12.6 Å². The molecular formula is C6H10S2. The van der Waals surface area contributed by atoms with Crippen molar-refractivity contribution in [2.75, 3.05) is 5.75 Å². The molecule has 0 aliphatic carbocycles. The van der Waals surface area contributed by atoms with E-state index in [1.165, 1.54) is 0 Å². The van der Waals surface area contributed by atoms with Gasteiger partial charge in [-0.15, -0.1) is 11.8 Å². The molecule has 1 aliphatic rings. The standard InChI is InChI=1S/C6H10S2/c1-6(7)4-2-3-5-8-6/h2-3,7H,4-5H2,1H3. The van der Waals surface area contributed by atoms with E-state index in [0.717, 1.165) is 12.2 Å². The molecule has 1 unspecified atom stereocenters. The lowest BCUT2D eigenvalue weighted by Gasteiger charge is -2.23. The summed E-state index contributed by atoms with van der Waals surface area (Å²) in [6, 6.07) is 0. The summed E-state index contributed by atoms with van der Waals surface area (Å²) in [5.74, 6) is 1.12. The van der Waals surface area contributed by atoms with Crippen molar-refractivity contribution in [1.82, 2.24) is 0 Å². The van der Waals surface area contributed by atoms with Crippen LogP contribution in [0.25, 0.3) is 0 Å². The van der Waals surface area contributed by atoms with Crippen molar-refractivity contribution < 1.29 is 0 Å². The van der Waals surface area contributed by atoms with Crippen molar-refractivity contribution >= 4 is 24.4 Å². The molecule has 1 atom stereocenters. The normalized spacial score (nSPS) is 37.8. The largest absolute Gasteiger partial charge is 0.162 e. The van der Waals surface area contributed by atoms with Crippen LogP contribution in [0.5, 0.6) is 0 Å². The quantitative estimate of drug-likeness (QED) is 0.404. The molecule has 0 amide bonds. The summed E-state index contributed by atoms with van der Waals surface area (Å²) in [5, 5.41) is 0. The van der Waals surface area contributed by atoms with Gasteiger partial charge in [0.1, 0.15) is 0 Å². The summed E-state index contributed by atoms with van der Waals surface area (Å²) >= 11 is 6.33. The molecular weight excluding hydrogens is 136 g/mol. The van der Waals surface area contributed by atoms with Crippen LogP contribution in [-0.2, 0) is 0 Å². The second-order valence-electron chi connectivity index (χ2n) is 2.16. The van der Waals surface area contributed by atoms with E-state index in [1.54, 1.807) is 0 Å². The van der Waals surface area contributed by atoms with Gasteiger partial charge in [-0.3, -0.25) is 0 Å². The topological polar surface area (TPSA) is 0 Å². The molecule has 1 rings (SSSR count). The van der Waals surface area contributed by atoms with Gasteiger partial charge in [0.2, 0.25) is 0 Å². The van der Waals surface area contributed by atoms with Gasteiger partial charge < -0.3 is 0 Å². The number of allylic oxidation sites excluding steroid dienone is 1. The first kappa shape index (κ1) is 6.56. The van der Waals surface area contributed by atoms with Crippen LogP contribution in [0.3, 0.4) is 0 Å². The van der Waals surface area contributed by atoms with Gasteiger partial charge in [0, 0.05) is 5.75 Å². The zero-order chi connectivity index (χ0) is 6.04. The Balaban J connectivity index is 2.50. The highest BCUT2D eigenvalue weighted by atomic mass is 32.2. The van der Waals surface area contributed by atoms with Crippen molar-refractivity contribution in [3.05, 3.63) is 12.2 Å². The van der Waals surface area contributed by atoms with E-state index in [4.69, 9.17) is 0 Å². The summed E-state index contributed by atoms with van der Waals surface area (Å²) in [4.78, 5) is 0. The summed E-state index contributed by atoms with van der Waals surface area (Å²) in [5.41, 5.74) is 0. The van der Waals surface area contributed by atoms with Crippen LogP contribution >= 0.6 is 24.4 Å². The Kier molecular flexibility index (Phi) is 1.93. The van der Waals surface area contributed by atoms with Gasteiger partial charge in [0.05, 0.1) is 4.08 Å². The Morgan fingerprint density at radius 2 is 2.38 bits per heavy atom. The van der Waals surface area contributed by atoms with E-state index >= 15 is 0 Å². The Hall–Kier alpha value is 0.440. The predicted molar refractivity (Wildman–Crippen MR) is 43.6 cm³/mol. The minimum absolute atomic E-state index is 0.203. The van der Waals surface area contributed by atoms with Gasteiger partial charge in [-0.1, -0.05) is 12.2 Å². The molecule has 46 valence electrons. The second-order valence-corrected chi connectivity index (χ2v) is 4.97. The van der Waals surface area contributed by atoms with E-state index in [2.05, 4.69) is 31.7 Å². The maximum Gasteiger partial charge on any atom is 0.0590 e. The van der Waals surface area contributed by atoms with Crippen LogP contribution in [0.15, 0.2) is 12.2 Å². The first-order valence-electron chi connectivity index (χ1n) is 2.72. The minimum Gasteiger partial charge on any atom is -0.162 e. The highest BCUT2D eigenvalue weighted by Crippen LogP contribution is 2.35. The molecule has 0 saturated carbocycles. The Labute approximate surface area is 60.1 Å². The summed E-state index contributed by atoms with van der Waals surface area (Å²) in [7, 11) is 0. The van der Waals surface area contributed by atoms with Gasteiger partial charge in [0.15, 0.2) is 0 Å². The Morgan fingerprint density at radius 1 is 1.62 bits per heavy atom. The lowest BCUT2D eigenvalue weighted by molar-refractivity contribution is 0.910. The van der Waals surface area contributed by atoms with Crippen LogP contribution < -0.4 is 0 Å². The monoisotopic (exact) mass is 146 g/mol. The van der Waals surface area contributed by atoms with Crippen LogP contribution in [0, 0.1) is 0 Å². The molecule has 0 N–H and O–H groups in total. The molecule has 8 heavy (non-hydrogen) atoms. The molecule has 0 fully saturated rings. The molecule has 0 radical (unpaired) electrons. The fourth-order valence-electron chi connectivity index (χ4n) is 0.657. The highest BCUT2D eigenvalue weighted by molar-refractivity contribution is 8.11. The third-order valence-corrected chi connectivity index (χ3v) is 2.87. The fraction of sp³-hybridized carbons (Fsp3) is 0.667. The van der Waals surface area contributed by atoms with Gasteiger partial charge in [-0.05, 0) is 13.3 Å². The van der Waals surface area contributed by atoms with E-state index < -0.39 is 0 Å². The molecule has 0 bridgehead atoms. The molecule has 2 heteroatoms. The van der Waals surface area contributed by atoms with Crippen LogP contribution in [0.1, 0.15) is 13.3 Å². The lowest BCUT2D eigenvalue weighted by Crippen LogP contribution is -2.12. The third kappa shape index (κ3) is 1.75. The average molecular weight is 146 g/mol. The van der Waals surface area contributed by atoms with Crippen LogP contribution in [0.4, 0.5) is 0 Å². The van der Waals surface area contributed by atoms with Crippen molar-refractivity contribution in [2.24, 2.45) is 0 Å². The van der Waals surface area contributed by atoms with E-state index in [9.17, 15) is 0 Å². The molecule has 0 aromatic heterocycles. The zero-order valence-corrected chi connectivity index (χ0v) is 6.64. The van der Waals surface area contributed by atoms with Crippen LogP contribution in [-0.4, -0.2) is 9.83 Å². The number of hydrogen-bond acceptors (Lipinski definition) is 2. The molecule has 0 aromatic carbocycles. The average Bonchev–Trinajstić information content (AvgIpc) is 1.65. The Bertz CT molecular complexity index is 105. The second kappa shape index (κ2) is 2.36. The lowest BCUT2D eigenvalue weighted by atomic mass is 10.3. The molecule has 0 nitrogen and oxygen atoms in total. The fourth-order valence-corrected chi connectivity index (χ4v) is 1.79. The smallest absolute Gasteiger partial charge is 0.0590 e. The summed E-state index contributed by atoms with van der Waals surface area (Å²) in [6.45, 7) is 2.16. The number of thiol groups is 1. The van der Waals surface area contributed by atoms with E-state index in [0.29, 0.717) is 0 Å². The SMILES string of the molecule is CC1(S)CC=CCS1. The number of thioether (sulfide) groups is 1. The minimum atomic E-state index is 0.203. The number of hydrogen-bond donors (Lipinski definition) is 1. The maximum atomic E-state index is 4.43. The van der Waals surface area contributed by atoms with E-state index in [-0.39, 0.29) is 4.08 Å². The molecule has 0 spiro atoms. The molecule has 1 heterocycles. The summed E-state index contributed by atoms with van der Waals surface area (Å²) < 4.78 is 0.203. The zero-order valence-electron chi connectivity index (χ0n) is 4.92. The van der Waals surface area contributed by atoms with Crippen LogP contribution in [0.2, 0.25) is 0 Å². The van der Waals surface area contributed by atoms with Gasteiger partial charge in [-0.25, -0.2) is 0 Å². The summed E-state index contributed by atoms with van der Waals surface area (Å²) in [6.07, 6.45) is 5.49. The molecule has 0 aromatic rings. The van der Waals surface area contributed by atoms with Crippen molar-refractivity contribution in [3.63, 3.8) is 0 Å². The molecule has 0 saturated heterocycles. The third-order valence-electron chi connectivity index (χ3n) is 1.15. The van der Waals surface area contributed by atoms with Crippen molar-refractivity contribution in [1.29, 1.82) is 0 Å². The number of rotatable bonds is 0.